The first-order chi connectivity index (χ1) is 12.5. The number of aromatic nitrogens is 1. The third kappa shape index (κ3) is 5.15. The first kappa shape index (κ1) is 20.6. The molecule has 27 heavy (non-hydrogen) atoms. The van der Waals surface area contributed by atoms with Crippen LogP contribution >= 0.6 is 0 Å². The molecule has 0 aliphatic rings. The van der Waals surface area contributed by atoms with Gasteiger partial charge in [0.05, 0.1) is 7.11 Å². The Morgan fingerprint density at radius 3 is 2.44 bits per heavy atom. The molecule has 2 rings (SSSR count). The first-order valence-electron chi connectivity index (χ1n) is 8.91. The molecular formula is C20H28N2O5. The lowest BCUT2D eigenvalue weighted by Crippen LogP contribution is -2.44. The lowest BCUT2D eigenvalue weighted by Gasteiger charge is -2.22. The number of carbonyl (C=O) groups excluding carboxylic acids is 1. The molecule has 0 aliphatic carbocycles. The zero-order valence-corrected chi connectivity index (χ0v) is 16.7. The van der Waals surface area contributed by atoms with Gasteiger partial charge >= 0.3 is 12.1 Å². The van der Waals surface area contributed by atoms with Crippen LogP contribution in [-0.4, -0.2) is 40.5 Å². The number of amides is 1. The lowest BCUT2D eigenvalue weighted by atomic mass is 10.0. The van der Waals surface area contributed by atoms with Crippen molar-refractivity contribution in [1.82, 2.24) is 9.88 Å². The highest BCUT2D eigenvalue weighted by atomic mass is 16.6. The van der Waals surface area contributed by atoms with E-state index in [4.69, 9.17) is 9.47 Å². The summed E-state index contributed by atoms with van der Waals surface area (Å²) < 4.78 is 12.6. The smallest absolute Gasteiger partial charge is 0.408 e. The Balaban J connectivity index is 2.35. The van der Waals surface area contributed by atoms with Crippen LogP contribution in [0.3, 0.4) is 0 Å². The van der Waals surface area contributed by atoms with Crippen molar-refractivity contribution in [2.45, 2.75) is 58.7 Å². The Bertz CT molecular complexity index is 833. The average Bonchev–Trinajstić information content (AvgIpc) is 2.90. The Hall–Kier alpha value is -2.70. The number of carboxylic acids is 1. The minimum atomic E-state index is -1.12. The molecule has 0 aliphatic heterocycles. The van der Waals surface area contributed by atoms with Crippen LogP contribution in [0.4, 0.5) is 4.79 Å². The van der Waals surface area contributed by atoms with Gasteiger partial charge in [-0.1, -0.05) is 0 Å². The molecule has 0 fully saturated rings. The van der Waals surface area contributed by atoms with Gasteiger partial charge in [0.15, 0.2) is 0 Å². The van der Waals surface area contributed by atoms with Gasteiger partial charge in [-0.15, -0.1) is 0 Å². The predicted molar refractivity (Wildman–Crippen MR) is 103 cm³/mol. The fraction of sp³-hybridized carbons (Fsp3) is 0.500. The van der Waals surface area contributed by atoms with Crippen LogP contribution in [0, 0.1) is 0 Å². The van der Waals surface area contributed by atoms with Crippen molar-refractivity contribution in [2.75, 3.05) is 7.11 Å². The molecule has 148 valence electrons. The van der Waals surface area contributed by atoms with Crippen LogP contribution in [0.5, 0.6) is 5.75 Å². The minimum absolute atomic E-state index is 0.137. The van der Waals surface area contributed by atoms with Gasteiger partial charge in [-0.25, -0.2) is 9.59 Å². The summed E-state index contributed by atoms with van der Waals surface area (Å²) in [5, 5.41) is 12.9. The molecule has 1 aromatic carbocycles. The summed E-state index contributed by atoms with van der Waals surface area (Å²) in [6.45, 7) is 9.29. The molecule has 1 heterocycles. The number of hydrogen-bond donors (Lipinski definition) is 2. The van der Waals surface area contributed by atoms with E-state index in [-0.39, 0.29) is 12.5 Å². The maximum atomic E-state index is 12.0. The normalized spacial score (nSPS) is 12.9. The number of carboxylic acid groups (broad SMARTS) is 1. The van der Waals surface area contributed by atoms with Crippen molar-refractivity contribution in [3.63, 3.8) is 0 Å². The Morgan fingerprint density at radius 2 is 1.93 bits per heavy atom. The van der Waals surface area contributed by atoms with Gasteiger partial charge in [-0.3, -0.25) is 0 Å². The second-order valence-electron chi connectivity index (χ2n) is 7.78. The second-order valence-corrected chi connectivity index (χ2v) is 7.78. The summed E-state index contributed by atoms with van der Waals surface area (Å²) >= 11 is 0. The Kier molecular flexibility index (Phi) is 6.03. The molecule has 2 N–H and O–H groups in total. The van der Waals surface area contributed by atoms with Crippen LogP contribution in [0.1, 0.15) is 46.2 Å². The molecule has 0 spiro atoms. The topological polar surface area (TPSA) is 89.8 Å². The maximum absolute atomic E-state index is 12.0. The molecular weight excluding hydrogens is 348 g/mol. The van der Waals surface area contributed by atoms with Crippen molar-refractivity contribution < 1.29 is 24.2 Å². The summed E-state index contributed by atoms with van der Waals surface area (Å²) in [7, 11) is 1.59. The maximum Gasteiger partial charge on any atom is 0.408 e. The SMILES string of the molecule is COc1ccc2c(c1)c(CC(NC(=O)OC(C)(C)C)C(=O)O)cn2C(C)C. The lowest BCUT2D eigenvalue weighted by molar-refractivity contribution is -0.139. The number of alkyl carbamates (subject to hydrolysis) is 1. The third-order valence-corrected chi connectivity index (χ3v) is 4.09. The molecule has 7 heteroatoms. The largest absolute Gasteiger partial charge is 0.497 e. The van der Waals surface area contributed by atoms with E-state index in [2.05, 4.69) is 23.7 Å². The Morgan fingerprint density at radius 1 is 1.26 bits per heavy atom. The zero-order chi connectivity index (χ0) is 20.4. The number of methoxy groups -OCH3 is 1. The number of fused-ring (bicyclic) bond motifs is 1. The molecule has 1 aromatic heterocycles. The molecule has 0 radical (unpaired) electrons. The molecule has 2 aromatic rings. The standard InChI is InChI=1S/C20H28N2O5/c1-12(2)22-11-13(15-10-14(26-6)7-8-17(15)22)9-16(18(23)24)21-19(25)27-20(3,4)5/h7-8,10-12,16H,9H2,1-6H3,(H,21,25)(H,23,24). The zero-order valence-electron chi connectivity index (χ0n) is 16.7. The van der Waals surface area contributed by atoms with Crippen molar-refractivity contribution in [3.8, 4) is 5.75 Å². The van der Waals surface area contributed by atoms with Crippen LogP contribution in [-0.2, 0) is 16.0 Å². The predicted octanol–water partition coefficient (Wildman–Crippen LogP) is 3.75. The monoisotopic (exact) mass is 376 g/mol. The van der Waals surface area contributed by atoms with Gasteiger partial charge in [0.1, 0.15) is 17.4 Å². The molecule has 1 amide bonds. The van der Waals surface area contributed by atoms with Crippen molar-refractivity contribution in [2.24, 2.45) is 0 Å². The number of aliphatic carboxylic acids is 1. The fourth-order valence-electron chi connectivity index (χ4n) is 2.89. The Labute approximate surface area is 159 Å². The van der Waals surface area contributed by atoms with E-state index in [1.165, 1.54) is 0 Å². The van der Waals surface area contributed by atoms with E-state index < -0.39 is 23.7 Å². The van der Waals surface area contributed by atoms with Crippen molar-refractivity contribution >= 4 is 23.0 Å². The summed E-state index contributed by atoms with van der Waals surface area (Å²) in [4.78, 5) is 23.7. The van der Waals surface area contributed by atoms with E-state index >= 15 is 0 Å². The van der Waals surface area contributed by atoms with Gasteiger partial charge in [-0.05, 0) is 58.4 Å². The van der Waals surface area contributed by atoms with Crippen LogP contribution < -0.4 is 10.1 Å². The number of rotatable bonds is 6. The van der Waals surface area contributed by atoms with Crippen LogP contribution in [0.25, 0.3) is 10.9 Å². The fourth-order valence-corrected chi connectivity index (χ4v) is 2.89. The number of hydrogen-bond acceptors (Lipinski definition) is 4. The molecule has 1 atom stereocenters. The average molecular weight is 376 g/mol. The minimum Gasteiger partial charge on any atom is -0.497 e. The third-order valence-electron chi connectivity index (χ3n) is 4.09. The van der Waals surface area contributed by atoms with E-state index in [1.807, 2.05) is 24.4 Å². The van der Waals surface area contributed by atoms with Gasteiger partial charge in [0.25, 0.3) is 0 Å². The van der Waals surface area contributed by atoms with Crippen molar-refractivity contribution in [3.05, 3.63) is 30.0 Å². The second kappa shape index (κ2) is 7.90. The summed E-state index contributed by atoms with van der Waals surface area (Å²) in [5.41, 5.74) is 1.11. The van der Waals surface area contributed by atoms with Gasteiger partial charge in [-0.2, -0.15) is 0 Å². The van der Waals surface area contributed by atoms with Crippen LogP contribution in [0.15, 0.2) is 24.4 Å². The van der Waals surface area contributed by atoms with E-state index in [0.717, 1.165) is 16.5 Å². The quantitative estimate of drug-likeness (QED) is 0.801. The summed E-state index contributed by atoms with van der Waals surface area (Å²) in [5.74, 6) is -0.425. The summed E-state index contributed by atoms with van der Waals surface area (Å²) in [6.07, 6.45) is 1.32. The van der Waals surface area contributed by atoms with E-state index in [1.54, 1.807) is 27.9 Å². The highest BCUT2D eigenvalue weighted by Crippen LogP contribution is 2.29. The molecule has 1 unspecified atom stereocenters. The highest BCUT2D eigenvalue weighted by Gasteiger charge is 2.26. The number of nitrogens with one attached hydrogen (secondary N) is 1. The van der Waals surface area contributed by atoms with Crippen LogP contribution in [0.2, 0.25) is 0 Å². The molecule has 0 saturated carbocycles. The molecule has 0 bridgehead atoms. The number of carbonyl (C=O) groups is 2. The number of benzene rings is 1. The van der Waals surface area contributed by atoms with Gasteiger partial charge in [0, 0.05) is 29.6 Å². The number of nitrogens with zero attached hydrogens (tertiary/aromatic N) is 1. The molecule has 7 nitrogen and oxygen atoms in total. The van der Waals surface area contributed by atoms with E-state index in [9.17, 15) is 14.7 Å². The van der Waals surface area contributed by atoms with Gasteiger partial charge < -0.3 is 24.5 Å². The highest BCUT2D eigenvalue weighted by molar-refractivity contribution is 5.87. The molecule has 0 saturated heterocycles. The van der Waals surface area contributed by atoms with Gasteiger partial charge in [0.2, 0.25) is 0 Å². The first-order valence-corrected chi connectivity index (χ1v) is 8.91. The summed E-state index contributed by atoms with van der Waals surface area (Å²) in [6, 6.07) is 4.82. The van der Waals surface area contributed by atoms with Crippen molar-refractivity contribution in [1.29, 1.82) is 0 Å². The van der Waals surface area contributed by atoms with E-state index in [0.29, 0.717) is 5.75 Å². The number of ether oxygens (including phenoxy) is 2.